The molecule has 0 bridgehead atoms. The van der Waals surface area contributed by atoms with E-state index in [0.29, 0.717) is 25.9 Å². The van der Waals surface area contributed by atoms with Crippen molar-refractivity contribution in [1.82, 2.24) is 4.90 Å². The van der Waals surface area contributed by atoms with Crippen molar-refractivity contribution < 1.29 is 14.3 Å². The number of esters is 1. The monoisotopic (exact) mass is 300 g/mol. The van der Waals surface area contributed by atoms with E-state index >= 15 is 0 Å². The first kappa shape index (κ1) is 16.9. The smallest absolute Gasteiger partial charge is 0.310 e. The van der Waals surface area contributed by atoms with Gasteiger partial charge in [-0.3, -0.25) is 9.59 Å². The number of likely N-dealkylation sites (tertiary alicyclic amines) is 1. The lowest BCUT2D eigenvalue weighted by atomic mass is 9.80. The van der Waals surface area contributed by atoms with E-state index in [1.807, 2.05) is 20.8 Å². The lowest BCUT2D eigenvalue weighted by Crippen LogP contribution is -2.49. The zero-order valence-electron chi connectivity index (χ0n) is 12.6. The molecule has 0 saturated carbocycles. The molecule has 0 aliphatic carbocycles. The molecule has 2 atom stereocenters. The van der Waals surface area contributed by atoms with Gasteiger partial charge in [0.15, 0.2) is 0 Å². The fraction of sp³-hybridized carbons (Fsp3) is 0.786. The molecule has 1 rings (SSSR count). The Labute approximate surface area is 125 Å². The third kappa shape index (κ3) is 2.80. The Morgan fingerprint density at radius 3 is 2.30 bits per heavy atom. The second kappa shape index (κ2) is 6.52. The standard InChI is InChI=1S/C14H24N2O3S/c1-5-14(6-2,12(15)20)13(18)16-7-9(3)10(8-16)11(17)19-4/h9-10H,5-8H2,1-4H3,(H2,15,20). The van der Waals surface area contributed by atoms with Gasteiger partial charge in [0, 0.05) is 13.1 Å². The van der Waals surface area contributed by atoms with Crippen LogP contribution in [0.1, 0.15) is 33.6 Å². The van der Waals surface area contributed by atoms with Crippen molar-refractivity contribution in [2.45, 2.75) is 33.6 Å². The van der Waals surface area contributed by atoms with Crippen LogP contribution in [-0.2, 0) is 14.3 Å². The van der Waals surface area contributed by atoms with Crippen molar-refractivity contribution in [3.05, 3.63) is 0 Å². The maximum atomic E-state index is 12.8. The Morgan fingerprint density at radius 2 is 1.90 bits per heavy atom. The van der Waals surface area contributed by atoms with Gasteiger partial charge in [-0.05, 0) is 18.8 Å². The molecule has 1 aliphatic rings. The average molecular weight is 300 g/mol. The molecule has 1 fully saturated rings. The zero-order valence-corrected chi connectivity index (χ0v) is 13.5. The molecule has 0 spiro atoms. The molecule has 6 heteroatoms. The fourth-order valence-corrected chi connectivity index (χ4v) is 3.28. The first-order valence-corrected chi connectivity index (χ1v) is 7.41. The van der Waals surface area contributed by atoms with Crippen molar-refractivity contribution in [1.29, 1.82) is 0 Å². The maximum Gasteiger partial charge on any atom is 0.310 e. The molecule has 2 unspecified atom stereocenters. The summed E-state index contributed by atoms with van der Waals surface area (Å²) in [5.41, 5.74) is 5.02. The van der Waals surface area contributed by atoms with E-state index in [1.54, 1.807) is 4.90 Å². The number of rotatable bonds is 5. The van der Waals surface area contributed by atoms with Crippen molar-refractivity contribution >= 4 is 29.1 Å². The highest BCUT2D eigenvalue weighted by Crippen LogP contribution is 2.33. The van der Waals surface area contributed by atoms with E-state index < -0.39 is 5.41 Å². The van der Waals surface area contributed by atoms with Crippen molar-refractivity contribution in [2.75, 3.05) is 20.2 Å². The van der Waals surface area contributed by atoms with Gasteiger partial charge >= 0.3 is 5.97 Å². The van der Waals surface area contributed by atoms with Gasteiger partial charge in [0.25, 0.3) is 0 Å². The minimum absolute atomic E-state index is 0.0618. The Hall–Kier alpha value is -1.17. The molecule has 1 heterocycles. The lowest BCUT2D eigenvalue weighted by molar-refractivity contribution is -0.146. The van der Waals surface area contributed by atoms with Crippen LogP contribution >= 0.6 is 12.2 Å². The molecular weight excluding hydrogens is 276 g/mol. The number of nitrogens with zero attached hydrogens (tertiary/aromatic N) is 1. The van der Waals surface area contributed by atoms with Crippen LogP contribution in [0, 0.1) is 17.3 Å². The van der Waals surface area contributed by atoms with E-state index in [2.05, 4.69) is 0 Å². The summed E-state index contributed by atoms with van der Waals surface area (Å²) in [6.07, 6.45) is 1.15. The molecule has 1 amide bonds. The van der Waals surface area contributed by atoms with Crippen molar-refractivity contribution in [2.24, 2.45) is 23.0 Å². The van der Waals surface area contributed by atoms with Gasteiger partial charge < -0.3 is 15.4 Å². The Morgan fingerprint density at radius 1 is 1.35 bits per heavy atom. The SMILES string of the molecule is CCC(CC)(C(=O)N1CC(C)C(C(=O)OC)C1)C(N)=S. The second-order valence-electron chi connectivity index (χ2n) is 5.47. The number of carbonyl (C=O) groups excluding carboxylic acids is 2. The van der Waals surface area contributed by atoms with Gasteiger partial charge in [0.2, 0.25) is 5.91 Å². The molecule has 1 saturated heterocycles. The molecule has 1 aliphatic heterocycles. The number of carbonyl (C=O) groups is 2. The number of nitrogens with two attached hydrogens (primary N) is 1. The quantitative estimate of drug-likeness (QED) is 0.613. The summed E-state index contributed by atoms with van der Waals surface area (Å²) >= 11 is 5.11. The molecule has 0 aromatic rings. The molecule has 0 aromatic heterocycles. The zero-order chi connectivity index (χ0) is 15.5. The molecular formula is C14H24N2O3S. The summed E-state index contributed by atoms with van der Waals surface area (Å²) in [7, 11) is 1.37. The highest BCUT2D eigenvalue weighted by Gasteiger charge is 2.46. The van der Waals surface area contributed by atoms with Crippen LogP contribution in [-0.4, -0.2) is 42.0 Å². The number of methoxy groups -OCH3 is 1. The topological polar surface area (TPSA) is 72.6 Å². The lowest BCUT2D eigenvalue weighted by Gasteiger charge is -2.33. The Balaban J connectivity index is 2.94. The van der Waals surface area contributed by atoms with E-state index in [-0.39, 0.29) is 28.7 Å². The first-order chi connectivity index (χ1) is 9.33. The summed E-state index contributed by atoms with van der Waals surface area (Å²) in [6, 6.07) is 0. The molecule has 2 N–H and O–H groups in total. The molecule has 5 nitrogen and oxygen atoms in total. The van der Waals surface area contributed by atoms with E-state index in [1.165, 1.54) is 7.11 Å². The van der Waals surface area contributed by atoms with Crippen molar-refractivity contribution in [3.63, 3.8) is 0 Å². The Bertz CT molecular complexity index is 407. The van der Waals surface area contributed by atoms with Crippen LogP contribution in [0.2, 0.25) is 0 Å². The predicted molar refractivity (Wildman–Crippen MR) is 81.1 cm³/mol. The number of thiocarbonyl (C=S) groups is 1. The van der Waals surface area contributed by atoms with Crippen molar-refractivity contribution in [3.8, 4) is 0 Å². The minimum Gasteiger partial charge on any atom is -0.469 e. The highest BCUT2D eigenvalue weighted by molar-refractivity contribution is 7.80. The summed E-state index contributed by atoms with van der Waals surface area (Å²) in [6.45, 7) is 6.71. The van der Waals surface area contributed by atoms with E-state index in [9.17, 15) is 9.59 Å². The van der Waals surface area contributed by atoms with Crippen LogP contribution in [0.25, 0.3) is 0 Å². The molecule has 20 heavy (non-hydrogen) atoms. The van der Waals surface area contributed by atoms with Gasteiger partial charge in [-0.25, -0.2) is 0 Å². The number of amides is 1. The third-order valence-electron chi connectivity index (χ3n) is 4.49. The summed E-state index contributed by atoms with van der Waals surface area (Å²) < 4.78 is 4.79. The van der Waals surface area contributed by atoms with E-state index in [0.717, 1.165) is 0 Å². The Kier molecular flexibility index (Phi) is 5.50. The predicted octanol–water partition coefficient (Wildman–Crippen LogP) is 1.35. The first-order valence-electron chi connectivity index (χ1n) is 7.01. The van der Waals surface area contributed by atoms with Gasteiger partial charge in [0.1, 0.15) is 0 Å². The summed E-state index contributed by atoms with van der Waals surface area (Å²) in [4.78, 5) is 26.4. The van der Waals surface area contributed by atoms with Gasteiger partial charge in [-0.1, -0.05) is 33.0 Å². The maximum absolute atomic E-state index is 12.8. The van der Waals surface area contributed by atoms with Crippen LogP contribution in [0.15, 0.2) is 0 Å². The normalized spacial score (nSPS) is 22.7. The summed E-state index contributed by atoms with van der Waals surface area (Å²) in [5.74, 6) is -0.499. The number of ether oxygens (including phenoxy) is 1. The molecule has 114 valence electrons. The van der Waals surface area contributed by atoms with Gasteiger partial charge in [-0.2, -0.15) is 0 Å². The van der Waals surface area contributed by atoms with Crippen LogP contribution in [0.4, 0.5) is 0 Å². The summed E-state index contributed by atoms with van der Waals surface area (Å²) in [5, 5.41) is 0. The average Bonchev–Trinajstić information content (AvgIpc) is 2.81. The van der Waals surface area contributed by atoms with Crippen LogP contribution in [0.3, 0.4) is 0 Å². The van der Waals surface area contributed by atoms with Crippen LogP contribution < -0.4 is 5.73 Å². The second-order valence-corrected chi connectivity index (χ2v) is 5.91. The fourth-order valence-electron chi connectivity index (χ4n) is 2.90. The van der Waals surface area contributed by atoms with E-state index in [4.69, 9.17) is 22.7 Å². The number of hydrogen-bond acceptors (Lipinski definition) is 4. The van der Waals surface area contributed by atoms with Gasteiger partial charge in [0.05, 0.1) is 23.4 Å². The third-order valence-corrected chi connectivity index (χ3v) is 4.88. The molecule has 0 radical (unpaired) electrons. The van der Waals surface area contributed by atoms with Crippen LogP contribution in [0.5, 0.6) is 0 Å². The highest BCUT2D eigenvalue weighted by atomic mass is 32.1. The minimum atomic E-state index is -0.792. The van der Waals surface area contributed by atoms with Gasteiger partial charge in [-0.15, -0.1) is 0 Å². The number of hydrogen-bond donors (Lipinski definition) is 1. The molecule has 0 aromatic carbocycles. The largest absolute Gasteiger partial charge is 0.469 e.